The van der Waals surface area contributed by atoms with E-state index in [4.69, 9.17) is 30.8 Å². The highest BCUT2D eigenvalue weighted by Crippen LogP contribution is 2.34. The van der Waals surface area contributed by atoms with Crippen LogP contribution in [0.5, 0.6) is 0 Å². The van der Waals surface area contributed by atoms with Gasteiger partial charge in [-0.15, -0.1) is 0 Å². The number of fused-ring (bicyclic) bond motifs is 1. The van der Waals surface area contributed by atoms with Gasteiger partial charge in [-0.3, -0.25) is 0 Å². The molecule has 1 aliphatic rings. The van der Waals surface area contributed by atoms with E-state index >= 15 is 0 Å². The van der Waals surface area contributed by atoms with Crippen LogP contribution in [-0.2, 0) is 26.4 Å². The summed E-state index contributed by atoms with van der Waals surface area (Å²) in [6.07, 6.45) is 4.50. The highest BCUT2D eigenvalue weighted by atomic mass is 35.5. The van der Waals surface area contributed by atoms with E-state index in [-0.39, 0.29) is 0 Å². The molecule has 4 heterocycles. The Morgan fingerprint density at radius 3 is 2.92 bits per heavy atom. The van der Waals surface area contributed by atoms with Crippen molar-refractivity contribution in [3.05, 3.63) is 53.1 Å². The lowest BCUT2D eigenvalue weighted by Gasteiger charge is -2.26. The van der Waals surface area contributed by atoms with E-state index in [0.29, 0.717) is 25.0 Å². The fourth-order valence-corrected chi connectivity index (χ4v) is 3.55. The molecule has 1 fully saturated rings. The minimum atomic E-state index is -0.527. The van der Waals surface area contributed by atoms with E-state index in [1.165, 1.54) is 0 Å². The predicted molar refractivity (Wildman–Crippen MR) is 98.7 cm³/mol. The molecule has 0 amide bonds. The minimum Gasteiger partial charge on any atom is -0.380 e. The van der Waals surface area contributed by atoms with Crippen molar-refractivity contribution in [2.24, 2.45) is 0 Å². The molecule has 0 radical (unpaired) electrons. The topological polar surface area (TPSA) is 58.4 Å². The summed E-state index contributed by atoms with van der Waals surface area (Å²) in [5.74, 6) is 0.787. The molecule has 1 aliphatic heterocycles. The summed E-state index contributed by atoms with van der Waals surface area (Å²) in [7, 11) is 3.39. The summed E-state index contributed by atoms with van der Waals surface area (Å²) in [6.45, 7) is 1.65. The second-order valence-corrected chi connectivity index (χ2v) is 6.79. The second-order valence-electron chi connectivity index (χ2n) is 6.40. The molecular formula is C19H20ClN3O3. The first-order valence-electron chi connectivity index (χ1n) is 8.41. The summed E-state index contributed by atoms with van der Waals surface area (Å²) in [5.41, 5.74) is 2.30. The average molecular weight is 374 g/mol. The largest absolute Gasteiger partial charge is 0.380 e. The van der Waals surface area contributed by atoms with E-state index < -0.39 is 5.60 Å². The lowest BCUT2D eigenvalue weighted by atomic mass is 9.96. The van der Waals surface area contributed by atoms with Crippen molar-refractivity contribution in [3.63, 3.8) is 0 Å². The predicted octanol–water partition coefficient (Wildman–Crippen LogP) is 3.48. The molecule has 0 bridgehead atoms. The normalized spacial score (nSPS) is 20.1. The number of halogens is 1. The summed E-state index contributed by atoms with van der Waals surface area (Å²) in [6, 6.07) is 7.88. The summed E-state index contributed by atoms with van der Waals surface area (Å²) < 4.78 is 18.8. The molecule has 4 rings (SSSR count). The standard InChI is InChI=1S/C19H20ClN3O3/c1-24-11-13-7-16(19(25-2)4-6-26-12-19)22-18(8-13)23-5-3-14-10-21-17(20)9-15(14)23/h3,5,7-10H,4,6,11-12H2,1-2H3. The monoisotopic (exact) mass is 373 g/mol. The molecule has 0 aliphatic carbocycles. The molecule has 0 N–H and O–H groups in total. The van der Waals surface area contributed by atoms with E-state index in [2.05, 4.69) is 4.98 Å². The number of hydrogen-bond donors (Lipinski definition) is 0. The van der Waals surface area contributed by atoms with Crippen LogP contribution >= 0.6 is 11.6 Å². The van der Waals surface area contributed by atoms with Gasteiger partial charge in [0.1, 0.15) is 16.6 Å². The average Bonchev–Trinajstić information content (AvgIpc) is 3.29. The van der Waals surface area contributed by atoms with Gasteiger partial charge in [0.15, 0.2) is 0 Å². The molecule has 1 saturated heterocycles. The Morgan fingerprint density at radius 1 is 1.31 bits per heavy atom. The molecule has 3 aromatic rings. The van der Waals surface area contributed by atoms with Gasteiger partial charge in [-0.05, 0) is 23.8 Å². The van der Waals surface area contributed by atoms with Crippen LogP contribution < -0.4 is 0 Å². The Labute approximate surface area is 156 Å². The van der Waals surface area contributed by atoms with Crippen LogP contribution in [0.3, 0.4) is 0 Å². The first kappa shape index (κ1) is 17.4. The van der Waals surface area contributed by atoms with Crippen LogP contribution in [0.15, 0.2) is 36.7 Å². The third-order valence-corrected chi connectivity index (χ3v) is 5.02. The highest BCUT2D eigenvalue weighted by molar-refractivity contribution is 6.30. The highest BCUT2D eigenvalue weighted by Gasteiger charge is 2.38. The molecule has 0 spiro atoms. The van der Waals surface area contributed by atoms with Gasteiger partial charge in [0.05, 0.1) is 24.4 Å². The van der Waals surface area contributed by atoms with Crippen LogP contribution in [-0.4, -0.2) is 42.0 Å². The van der Waals surface area contributed by atoms with Crippen molar-refractivity contribution in [3.8, 4) is 5.82 Å². The van der Waals surface area contributed by atoms with Gasteiger partial charge in [0.25, 0.3) is 0 Å². The van der Waals surface area contributed by atoms with Gasteiger partial charge in [-0.1, -0.05) is 11.6 Å². The number of methoxy groups -OCH3 is 2. The molecule has 3 aromatic heterocycles. The lowest BCUT2D eigenvalue weighted by molar-refractivity contribution is -0.0247. The van der Waals surface area contributed by atoms with Crippen LogP contribution in [0.25, 0.3) is 16.7 Å². The zero-order valence-corrected chi connectivity index (χ0v) is 15.5. The Hall–Kier alpha value is -1.99. The number of aromatic nitrogens is 3. The van der Waals surface area contributed by atoms with E-state index in [0.717, 1.165) is 34.4 Å². The van der Waals surface area contributed by atoms with Crippen molar-refractivity contribution in [2.45, 2.75) is 18.6 Å². The Morgan fingerprint density at radius 2 is 2.19 bits per heavy atom. The summed E-state index contributed by atoms with van der Waals surface area (Å²) >= 11 is 6.09. The zero-order valence-electron chi connectivity index (χ0n) is 14.7. The number of pyridine rings is 2. The molecular weight excluding hydrogens is 354 g/mol. The summed E-state index contributed by atoms with van der Waals surface area (Å²) in [5, 5.41) is 1.45. The number of hydrogen-bond acceptors (Lipinski definition) is 5. The Balaban J connectivity index is 1.88. The molecule has 0 saturated carbocycles. The second kappa shape index (κ2) is 6.96. The maximum absolute atomic E-state index is 6.09. The van der Waals surface area contributed by atoms with Crippen molar-refractivity contribution >= 4 is 22.5 Å². The van der Waals surface area contributed by atoms with Crippen LogP contribution in [0.1, 0.15) is 17.7 Å². The van der Waals surface area contributed by atoms with Crippen molar-refractivity contribution < 1.29 is 14.2 Å². The zero-order chi connectivity index (χ0) is 18.1. The molecule has 6 nitrogen and oxygen atoms in total. The number of ether oxygens (including phenoxy) is 3. The van der Waals surface area contributed by atoms with Crippen molar-refractivity contribution in [1.29, 1.82) is 0 Å². The Bertz CT molecular complexity index is 935. The third kappa shape index (κ3) is 2.99. The fraction of sp³-hybridized carbons (Fsp3) is 0.368. The number of rotatable bonds is 5. The smallest absolute Gasteiger partial charge is 0.137 e. The third-order valence-electron chi connectivity index (χ3n) is 4.81. The molecule has 7 heteroatoms. The van der Waals surface area contributed by atoms with E-state index in [9.17, 15) is 0 Å². The van der Waals surface area contributed by atoms with Gasteiger partial charge in [-0.2, -0.15) is 0 Å². The van der Waals surface area contributed by atoms with Crippen molar-refractivity contribution in [1.82, 2.24) is 14.5 Å². The maximum atomic E-state index is 6.09. The van der Waals surface area contributed by atoms with Crippen LogP contribution in [0, 0.1) is 0 Å². The first-order chi connectivity index (χ1) is 12.6. The molecule has 0 aromatic carbocycles. The first-order valence-corrected chi connectivity index (χ1v) is 8.79. The van der Waals surface area contributed by atoms with Crippen LogP contribution in [0.2, 0.25) is 5.15 Å². The summed E-state index contributed by atoms with van der Waals surface area (Å²) in [4.78, 5) is 9.04. The SMILES string of the molecule is COCc1cc(-n2ccc3cnc(Cl)cc32)nc(C2(OC)CCOC2)c1. The quantitative estimate of drug-likeness (QED) is 0.641. The maximum Gasteiger partial charge on any atom is 0.137 e. The Kier molecular flexibility index (Phi) is 4.67. The van der Waals surface area contributed by atoms with Gasteiger partial charge in [0, 0.05) is 51.1 Å². The lowest BCUT2D eigenvalue weighted by Crippen LogP contribution is -2.30. The molecule has 26 heavy (non-hydrogen) atoms. The van der Waals surface area contributed by atoms with Crippen LogP contribution in [0.4, 0.5) is 0 Å². The number of nitrogens with zero attached hydrogens (tertiary/aromatic N) is 3. The van der Waals surface area contributed by atoms with Gasteiger partial charge in [0.2, 0.25) is 0 Å². The van der Waals surface area contributed by atoms with Gasteiger partial charge >= 0.3 is 0 Å². The van der Waals surface area contributed by atoms with Gasteiger partial charge < -0.3 is 18.8 Å². The minimum absolute atomic E-state index is 0.447. The van der Waals surface area contributed by atoms with E-state index in [1.54, 1.807) is 20.4 Å². The van der Waals surface area contributed by atoms with Crippen molar-refractivity contribution in [2.75, 3.05) is 27.4 Å². The molecule has 1 unspecified atom stereocenters. The van der Waals surface area contributed by atoms with Gasteiger partial charge in [-0.25, -0.2) is 9.97 Å². The fourth-order valence-electron chi connectivity index (χ4n) is 3.39. The molecule has 136 valence electrons. The van der Waals surface area contributed by atoms with E-state index in [1.807, 2.05) is 35.0 Å². The molecule has 1 atom stereocenters.